The molecule has 0 bridgehead atoms. The van der Waals surface area contributed by atoms with Gasteiger partial charge in [-0.3, -0.25) is 9.52 Å². The number of hydrogen-bond acceptors (Lipinski definition) is 8. The average molecular weight is 638 g/mol. The summed E-state index contributed by atoms with van der Waals surface area (Å²) in [5.74, 6) is 0.370. The van der Waals surface area contributed by atoms with Crippen LogP contribution in [0.1, 0.15) is 28.9 Å². The van der Waals surface area contributed by atoms with Gasteiger partial charge in [-0.25, -0.2) is 8.42 Å². The molecule has 226 valence electrons. The number of nitrogens with two attached hydrogens (primary N) is 1. The zero-order valence-corrected chi connectivity index (χ0v) is 25.5. The molecule has 0 aliphatic carbocycles. The number of rotatable bonds is 13. The highest BCUT2D eigenvalue weighted by Crippen LogP contribution is 2.31. The number of morpholine rings is 1. The molecule has 4 N–H and O–H groups in total. The lowest BCUT2D eigenvalue weighted by Gasteiger charge is -2.28. The van der Waals surface area contributed by atoms with E-state index in [4.69, 9.17) is 43.1 Å². The van der Waals surface area contributed by atoms with E-state index in [1.807, 2.05) is 0 Å². The summed E-state index contributed by atoms with van der Waals surface area (Å²) < 4.78 is 47.0. The van der Waals surface area contributed by atoms with Crippen molar-refractivity contribution in [2.45, 2.75) is 17.9 Å². The second-order valence-electron chi connectivity index (χ2n) is 9.48. The van der Waals surface area contributed by atoms with Crippen LogP contribution in [-0.4, -0.2) is 71.8 Å². The van der Waals surface area contributed by atoms with Gasteiger partial charge in [0.05, 0.1) is 42.1 Å². The monoisotopic (exact) mass is 636 g/mol. The SMILES string of the molecule is CC(OCCN)c1cc(Cl)ccc1S(=O)(=O)Nc1cc(NCCOc2ccc(Cl)cc2)ccc1C(=O)N1CCOCC1. The van der Waals surface area contributed by atoms with Crippen LogP contribution in [0.4, 0.5) is 11.4 Å². The molecular formula is C29H34Cl2N4O6S. The van der Waals surface area contributed by atoms with Gasteiger partial charge < -0.3 is 30.2 Å². The Morgan fingerprint density at radius 1 is 1.02 bits per heavy atom. The normalized spacial score (nSPS) is 14.3. The molecule has 10 nitrogen and oxygen atoms in total. The molecule has 4 rings (SSSR count). The van der Waals surface area contributed by atoms with Gasteiger partial charge in [0.15, 0.2) is 0 Å². The molecule has 13 heteroatoms. The molecule has 1 saturated heterocycles. The number of hydrogen-bond donors (Lipinski definition) is 3. The van der Waals surface area contributed by atoms with Gasteiger partial charge in [-0.15, -0.1) is 0 Å². The third-order valence-electron chi connectivity index (χ3n) is 6.49. The van der Waals surface area contributed by atoms with E-state index in [1.165, 1.54) is 12.1 Å². The summed E-state index contributed by atoms with van der Waals surface area (Å²) in [6.45, 7) is 4.65. The van der Waals surface area contributed by atoms with E-state index in [0.717, 1.165) is 0 Å². The lowest BCUT2D eigenvalue weighted by atomic mass is 10.1. The number of benzene rings is 3. The number of amides is 1. The van der Waals surface area contributed by atoms with Gasteiger partial charge in [-0.05, 0) is 67.6 Å². The summed E-state index contributed by atoms with van der Waals surface area (Å²) >= 11 is 12.1. The molecule has 1 aliphatic heterocycles. The van der Waals surface area contributed by atoms with Gasteiger partial charge in [0, 0.05) is 47.5 Å². The molecule has 1 aliphatic rings. The highest BCUT2D eigenvalue weighted by Gasteiger charge is 2.27. The van der Waals surface area contributed by atoms with Crippen LogP contribution >= 0.6 is 23.2 Å². The zero-order valence-electron chi connectivity index (χ0n) is 23.1. The molecular weight excluding hydrogens is 603 g/mol. The maximum atomic E-state index is 13.8. The minimum Gasteiger partial charge on any atom is -0.492 e. The van der Waals surface area contributed by atoms with Crippen LogP contribution in [-0.2, 0) is 19.5 Å². The van der Waals surface area contributed by atoms with Crippen LogP contribution in [0.5, 0.6) is 5.75 Å². The third kappa shape index (κ3) is 8.50. The second kappa shape index (κ2) is 14.9. The Bertz CT molecular complexity index is 1470. The van der Waals surface area contributed by atoms with Gasteiger partial charge in [0.2, 0.25) is 0 Å². The molecule has 3 aromatic rings. The van der Waals surface area contributed by atoms with Crippen LogP contribution in [0, 0.1) is 0 Å². The lowest BCUT2D eigenvalue weighted by Crippen LogP contribution is -2.41. The molecule has 1 atom stereocenters. The zero-order chi connectivity index (χ0) is 30.1. The Morgan fingerprint density at radius 3 is 2.45 bits per heavy atom. The number of halogens is 2. The Labute approximate surface area is 256 Å². The van der Waals surface area contributed by atoms with Crippen molar-refractivity contribution in [3.8, 4) is 5.75 Å². The topological polar surface area (TPSA) is 132 Å². The number of ether oxygens (including phenoxy) is 3. The fourth-order valence-electron chi connectivity index (χ4n) is 4.37. The molecule has 0 aromatic heterocycles. The summed E-state index contributed by atoms with van der Waals surface area (Å²) in [5, 5.41) is 4.20. The molecule has 1 amide bonds. The predicted octanol–water partition coefficient (Wildman–Crippen LogP) is 4.79. The van der Waals surface area contributed by atoms with E-state index in [2.05, 4.69) is 10.0 Å². The highest BCUT2D eigenvalue weighted by molar-refractivity contribution is 7.92. The summed E-state index contributed by atoms with van der Waals surface area (Å²) in [6, 6.07) is 16.4. The highest BCUT2D eigenvalue weighted by atomic mass is 35.5. The maximum absolute atomic E-state index is 13.8. The quantitative estimate of drug-likeness (QED) is 0.228. The smallest absolute Gasteiger partial charge is 0.262 e. The number of anilines is 2. The summed E-state index contributed by atoms with van der Waals surface area (Å²) in [6.07, 6.45) is -0.595. The minimum atomic E-state index is -4.18. The van der Waals surface area contributed by atoms with E-state index in [1.54, 1.807) is 60.4 Å². The molecule has 42 heavy (non-hydrogen) atoms. The number of carbonyl (C=O) groups is 1. The largest absolute Gasteiger partial charge is 0.492 e. The van der Waals surface area contributed by atoms with Crippen molar-refractivity contribution >= 4 is 50.5 Å². The number of nitrogens with zero attached hydrogens (tertiary/aromatic N) is 1. The van der Waals surface area contributed by atoms with Crippen molar-refractivity contribution in [3.05, 3.63) is 81.8 Å². The van der Waals surface area contributed by atoms with Crippen LogP contribution in [0.2, 0.25) is 10.0 Å². The fraction of sp³-hybridized carbons (Fsp3) is 0.345. The Kier molecular flexibility index (Phi) is 11.3. The van der Waals surface area contributed by atoms with Crippen molar-refractivity contribution in [2.24, 2.45) is 5.73 Å². The maximum Gasteiger partial charge on any atom is 0.262 e. The van der Waals surface area contributed by atoms with Crippen LogP contribution in [0.3, 0.4) is 0 Å². The van der Waals surface area contributed by atoms with Gasteiger partial charge >= 0.3 is 0 Å². The second-order valence-corrected chi connectivity index (χ2v) is 12.0. The van der Waals surface area contributed by atoms with Gasteiger partial charge in [-0.1, -0.05) is 23.2 Å². The number of carbonyl (C=O) groups excluding carboxylic acids is 1. The van der Waals surface area contributed by atoms with Crippen molar-refractivity contribution in [1.82, 2.24) is 4.90 Å². The van der Waals surface area contributed by atoms with Crippen molar-refractivity contribution in [1.29, 1.82) is 0 Å². The molecule has 0 radical (unpaired) electrons. The van der Waals surface area contributed by atoms with E-state index >= 15 is 0 Å². The van der Waals surface area contributed by atoms with E-state index in [-0.39, 0.29) is 35.2 Å². The standard InChI is InChI=1S/C29H34Cl2N4O6S/c1-20(40-14-10-32)26-18-22(31)4-9-28(26)42(37,38)34-27-19-23(33-11-15-41-24-6-2-21(30)3-7-24)5-8-25(27)29(36)35-12-16-39-17-13-35/h2-9,18-20,33-34H,10-17,32H2,1H3. The lowest BCUT2D eigenvalue weighted by molar-refractivity contribution is 0.0303. The molecule has 1 fully saturated rings. The van der Waals surface area contributed by atoms with Gasteiger partial charge in [-0.2, -0.15) is 0 Å². The Morgan fingerprint density at radius 2 is 1.74 bits per heavy atom. The molecule has 0 spiro atoms. The first kappa shape index (κ1) is 31.9. The summed E-state index contributed by atoms with van der Waals surface area (Å²) in [4.78, 5) is 15.1. The molecule has 1 unspecified atom stereocenters. The Hall–Kier alpha value is -3.06. The summed E-state index contributed by atoms with van der Waals surface area (Å²) in [7, 11) is -4.18. The molecule has 3 aromatic carbocycles. The average Bonchev–Trinajstić information content (AvgIpc) is 2.99. The van der Waals surface area contributed by atoms with Crippen LogP contribution < -0.4 is 20.5 Å². The van der Waals surface area contributed by atoms with Crippen LogP contribution in [0.15, 0.2) is 65.6 Å². The van der Waals surface area contributed by atoms with Gasteiger partial charge in [0.25, 0.3) is 15.9 Å². The first-order valence-corrected chi connectivity index (χ1v) is 15.7. The van der Waals surface area contributed by atoms with Crippen LogP contribution in [0.25, 0.3) is 0 Å². The first-order chi connectivity index (χ1) is 20.2. The molecule has 1 heterocycles. The van der Waals surface area contributed by atoms with Crippen molar-refractivity contribution < 1.29 is 27.4 Å². The summed E-state index contributed by atoms with van der Waals surface area (Å²) in [5.41, 5.74) is 6.88. The van der Waals surface area contributed by atoms with E-state index < -0.39 is 16.1 Å². The number of sulfonamides is 1. The van der Waals surface area contributed by atoms with Crippen molar-refractivity contribution in [3.63, 3.8) is 0 Å². The van der Waals surface area contributed by atoms with Crippen molar-refractivity contribution in [2.75, 3.05) is 62.6 Å². The number of nitrogens with one attached hydrogen (secondary N) is 2. The van der Waals surface area contributed by atoms with E-state index in [0.29, 0.717) is 66.5 Å². The first-order valence-electron chi connectivity index (χ1n) is 13.4. The fourth-order valence-corrected chi connectivity index (χ4v) is 6.03. The molecule has 0 saturated carbocycles. The predicted molar refractivity (Wildman–Crippen MR) is 164 cm³/mol. The van der Waals surface area contributed by atoms with Gasteiger partial charge in [0.1, 0.15) is 12.4 Å². The van der Waals surface area contributed by atoms with E-state index in [9.17, 15) is 13.2 Å². The third-order valence-corrected chi connectivity index (χ3v) is 8.42. The minimum absolute atomic E-state index is 0.0177. The Balaban J connectivity index is 1.59.